The van der Waals surface area contributed by atoms with Crippen LogP contribution in [0.25, 0.3) is 0 Å². The van der Waals surface area contributed by atoms with Gasteiger partial charge in [-0.1, -0.05) is 49.5 Å². The molecule has 1 amide bonds. The van der Waals surface area contributed by atoms with Gasteiger partial charge >= 0.3 is 0 Å². The Kier molecular flexibility index (Phi) is 6.97. The fraction of sp³-hybridized carbons (Fsp3) is 0.632. The quantitative estimate of drug-likeness (QED) is 0.619. The van der Waals surface area contributed by atoms with Gasteiger partial charge in [-0.3, -0.25) is 4.79 Å². The lowest BCUT2D eigenvalue weighted by molar-refractivity contribution is -0.118. The summed E-state index contributed by atoms with van der Waals surface area (Å²) in [5.74, 6) is 0.360. The van der Waals surface area contributed by atoms with Gasteiger partial charge in [-0.15, -0.1) is 0 Å². The van der Waals surface area contributed by atoms with Crippen molar-refractivity contribution >= 4 is 29.1 Å². The lowest BCUT2D eigenvalue weighted by Crippen LogP contribution is -2.53. The van der Waals surface area contributed by atoms with Crippen molar-refractivity contribution in [3.05, 3.63) is 33.8 Å². The average molecular weight is 371 g/mol. The molecule has 5 heteroatoms. The van der Waals surface area contributed by atoms with Crippen LogP contribution < -0.4 is 11.1 Å². The minimum atomic E-state index is -0.236. The summed E-state index contributed by atoms with van der Waals surface area (Å²) in [7, 11) is 0. The molecular weight excluding hydrogens is 343 g/mol. The van der Waals surface area contributed by atoms with Crippen molar-refractivity contribution in [1.29, 1.82) is 0 Å². The Bertz CT molecular complexity index is 570. The normalized spacial score (nSPS) is 17.5. The molecule has 1 saturated carbocycles. The minimum Gasteiger partial charge on any atom is -0.370 e. The van der Waals surface area contributed by atoms with E-state index in [1.54, 1.807) is 0 Å². The molecule has 1 fully saturated rings. The van der Waals surface area contributed by atoms with E-state index >= 15 is 0 Å². The summed E-state index contributed by atoms with van der Waals surface area (Å²) in [6, 6.07) is 6.42. The van der Waals surface area contributed by atoms with E-state index in [-0.39, 0.29) is 11.3 Å². The molecule has 134 valence electrons. The summed E-state index contributed by atoms with van der Waals surface area (Å²) in [6.45, 7) is 5.31. The highest BCUT2D eigenvalue weighted by molar-refractivity contribution is 6.42. The molecule has 0 aliphatic heterocycles. The molecule has 1 atom stereocenters. The van der Waals surface area contributed by atoms with Crippen LogP contribution in [0.1, 0.15) is 57.9 Å². The standard InChI is InChI=1S/C19H28Cl2N2O/c1-13(2)11-17(23-10-3-5-18(22)24)19(8-4-9-19)14-6-7-15(20)16(21)12-14/h6-7,12-13,17,23H,3-5,8-11H2,1-2H3,(H2,22,24). The summed E-state index contributed by atoms with van der Waals surface area (Å²) in [5, 5.41) is 4.92. The third kappa shape index (κ3) is 4.65. The molecule has 0 heterocycles. The molecule has 3 N–H and O–H groups in total. The largest absolute Gasteiger partial charge is 0.370 e. The zero-order chi connectivity index (χ0) is 17.7. The smallest absolute Gasteiger partial charge is 0.217 e. The molecule has 2 rings (SSSR count). The van der Waals surface area contributed by atoms with Gasteiger partial charge in [0.25, 0.3) is 0 Å². The average Bonchev–Trinajstić information content (AvgIpc) is 2.45. The SMILES string of the molecule is CC(C)CC(NCCCC(N)=O)C1(c2ccc(Cl)c(Cl)c2)CCC1. The predicted molar refractivity (Wildman–Crippen MR) is 102 cm³/mol. The Hall–Kier alpha value is -0.770. The highest BCUT2D eigenvalue weighted by Crippen LogP contribution is 2.49. The van der Waals surface area contributed by atoms with Crippen LogP contribution in [0.3, 0.4) is 0 Å². The maximum Gasteiger partial charge on any atom is 0.217 e. The van der Waals surface area contributed by atoms with E-state index in [0.717, 1.165) is 32.2 Å². The van der Waals surface area contributed by atoms with E-state index in [0.29, 0.717) is 28.4 Å². The maximum atomic E-state index is 10.9. The van der Waals surface area contributed by atoms with E-state index in [2.05, 4.69) is 25.2 Å². The van der Waals surface area contributed by atoms with Crippen LogP contribution in [0.5, 0.6) is 0 Å². The van der Waals surface area contributed by atoms with Gasteiger partial charge in [0, 0.05) is 17.9 Å². The van der Waals surface area contributed by atoms with Crippen molar-refractivity contribution in [1.82, 2.24) is 5.32 Å². The van der Waals surface area contributed by atoms with Gasteiger partial charge in [0.05, 0.1) is 10.0 Å². The Morgan fingerprint density at radius 2 is 2.00 bits per heavy atom. The van der Waals surface area contributed by atoms with Crippen LogP contribution in [-0.4, -0.2) is 18.5 Å². The van der Waals surface area contributed by atoms with E-state index in [4.69, 9.17) is 28.9 Å². The monoisotopic (exact) mass is 370 g/mol. The van der Waals surface area contributed by atoms with E-state index in [1.807, 2.05) is 12.1 Å². The number of halogens is 2. The molecule has 1 aliphatic carbocycles. The van der Waals surface area contributed by atoms with Gasteiger partial charge in [0.1, 0.15) is 0 Å². The number of hydrogen-bond donors (Lipinski definition) is 2. The molecule has 0 radical (unpaired) electrons. The van der Waals surface area contributed by atoms with E-state index < -0.39 is 0 Å². The summed E-state index contributed by atoms with van der Waals surface area (Å²) >= 11 is 12.4. The Morgan fingerprint density at radius 3 is 2.50 bits per heavy atom. The Labute approximate surface area is 155 Å². The van der Waals surface area contributed by atoms with Gasteiger partial charge in [-0.2, -0.15) is 0 Å². The van der Waals surface area contributed by atoms with Crippen molar-refractivity contribution in [2.45, 2.75) is 63.8 Å². The summed E-state index contributed by atoms with van der Waals surface area (Å²) in [5.41, 5.74) is 6.63. The Morgan fingerprint density at radius 1 is 1.29 bits per heavy atom. The second-order valence-electron chi connectivity index (χ2n) is 7.34. The molecule has 1 aromatic rings. The van der Waals surface area contributed by atoms with Crippen LogP contribution in [0.4, 0.5) is 0 Å². The third-order valence-electron chi connectivity index (χ3n) is 5.11. The first kappa shape index (κ1) is 19.6. The number of nitrogens with one attached hydrogen (secondary N) is 1. The molecule has 0 aromatic heterocycles. The summed E-state index contributed by atoms with van der Waals surface area (Å²) in [4.78, 5) is 10.9. The van der Waals surface area contributed by atoms with Crippen LogP contribution >= 0.6 is 23.2 Å². The first-order valence-corrected chi connectivity index (χ1v) is 9.58. The molecule has 1 aromatic carbocycles. The minimum absolute atomic E-state index is 0.116. The van der Waals surface area contributed by atoms with Crippen molar-refractivity contribution in [3.63, 3.8) is 0 Å². The zero-order valence-electron chi connectivity index (χ0n) is 14.6. The van der Waals surface area contributed by atoms with Gasteiger partial charge in [-0.25, -0.2) is 0 Å². The molecule has 1 unspecified atom stereocenters. The molecule has 0 bridgehead atoms. The second kappa shape index (κ2) is 8.55. The summed E-state index contributed by atoms with van der Waals surface area (Å²) in [6.07, 6.45) is 5.85. The lowest BCUT2D eigenvalue weighted by atomic mass is 9.59. The van der Waals surface area contributed by atoms with Gasteiger partial charge in [0.15, 0.2) is 0 Å². The fourth-order valence-electron chi connectivity index (χ4n) is 3.72. The predicted octanol–water partition coefficient (Wildman–Crippen LogP) is 4.68. The maximum absolute atomic E-state index is 10.9. The Balaban J connectivity index is 2.17. The number of carbonyl (C=O) groups is 1. The van der Waals surface area contributed by atoms with Crippen molar-refractivity contribution in [2.75, 3.05) is 6.54 Å². The van der Waals surface area contributed by atoms with Crippen molar-refractivity contribution < 1.29 is 4.79 Å². The summed E-state index contributed by atoms with van der Waals surface area (Å²) < 4.78 is 0. The number of primary amides is 1. The first-order valence-electron chi connectivity index (χ1n) is 8.82. The van der Waals surface area contributed by atoms with Crippen molar-refractivity contribution in [3.8, 4) is 0 Å². The number of rotatable bonds is 9. The van der Waals surface area contributed by atoms with Crippen LogP contribution in [0.2, 0.25) is 10.0 Å². The highest BCUT2D eigenvalue weighted by Gasteiger charge is 2.45. The van der Waals surface area contributed by atoms with E-state index in [9.17, 15) is 4.79 Å². The van der Waals surface area contributed by atoms with Crippen LogP contribution in [0, 0.1) is 5.92 Å². The third-order valence-corrected chi connectivity index (χ3v) is 5.84. The lowest BCUT2D eigenvalue weighted by Gasteiger charge is -2.49. The number of amides is 1. The van der Waals surface area contributed by atoms with Gasteiger partial charge in [-0.05, 0) is 55.8 Å². The first-order chi connectivity index (χ1) is 11.3. The van der Waals surface area contributed by atoms with Gasteiger partial charge < -0.3 is 11.1 Å². The second-order valence-corrected chi connectivity index (χ2v) is 8.16. The van der Waals surface area contributed by atoms with Crippen LogP contribution in [-0.2, 0) is 10.2 Å². The number of hydrogen-bond acceptors (Lipinski definition) is 2. The zero-order valence-corrected chi connectivity index (χ0v) is 16.1. The fourth-order valence-corrected chi connectivity index (χ4v) is 4.01. The highest BCUT2D eigenvalue weighted by atomic mass is 35.5. The van der Waals surface area contributed by atoms with Crippen LogP contribution in [0.15, 0.2) is 18.2 Å². The van der Waals surface area contributed by atoms with E-state index in [1.165, 1.54) is 12.0 Å². The number of carbonyl (C=O) groups excluding carboxylic acids is 1. The molecule has 0 saturated heterocycles. The molecular formula is C19H28Cl2N2O. The molecule has 0 spiro atoms. The topological polar surface area (TPSA) is 55.1 Å². The van der Waals surface area contributed by atoms with Gasteiger partial charge in [0.2, 0.25) is 5.91 Å². The molecule has 1 aliphatic rings. The molecule has 24 heavy (non-hydrogen) atoms. The van der Waals surface area contributed by atoms with Crippen molar-refractivity contribution in [2.24, 2.45) is 11.7 Å². The molecule has 3 nitrogen and oxygen atoms in total. The number of benzene rings is 1. The number of nitrogens with two attached hydrogens (primary N) is 1.